The summed E-state index contributed by atoms with van der Waals surface area (Å²) in [5.41, 5.74) is 0.639. The fourth-order valence-electron chi connectivity index (χ4n) is 1.96. The highest BCUT2D eigenvalue weighted by atomic mass is 35.5. The van der Waals surface area contributed by atoms with Crippen molar-refractivity contribution in [1.29, 1.82) is 0 Å². The van der Waals surface area contributed by atoms with Gasteiger partial charge in [0.15, 0.2) is 17.5 Å². The van der Waals surface area contributed by atoms with Crippen LogP contribution in [-0.4, -0.2) is 16.0 Å². The van der Waals surface area contributed by atoms with Crippen molar-refractivity contribution < 1.29 is 18.1 Å². The van der Waals surface area contributed by atoms with E-state index in [0.29, 0.717) is 10.6 Å². The number of carbonyl (C=O) groups is 1. The lowest BCUT2D eigenvalue weighted by Gasteiger charge is -2.02. The normalized spacial score (nSPS) is 10.6. The Balaban J connectivity index is 1.67. The molecule has 0 fully saturated rings. The first-order valence-corrected chi connectivity index (χ1v) is 7.22. The highest BCUT2D eigenvalue weighted by Gasteiger charge is 2.12. The number of benzene rings is 2. The van der Waals surface area contributed by atoms with E-state index in [2.05, 4.69) is 15.5 Å². The number of halogens is 3. The van der Waals surface area contributed by atoms with Gasteiger partial charge in [-0.2, -0.15) is 4.98 Å². The first-order chi connectivity index (χ1) is 11.5. The van der Waals surface area contributed by atoms with Crippen LogP contribution in [0.15, 0.2) is 47.0 Å². The fraction of sp³-hybridized carbons (Fsp3) is 0.0625. The van der Waals surface area contributed by atoms with Gasteiger partial charge in [0.2, 0.25) is 0 Å². The van der Waals surface area contributed by atoms with Crippen molar-refractivity contribution in [3.05, 3.63) is 70.5 Å². The van der Waals surface area contributed by atoms with E-state index in [1.165, 1.54) is 6.07 Å². The number of nitrogens with zero attached hydrogens (tertiary/aromatic N) is 2. The number of carbonyl (C=O) groups excluding carboxylic acids is 1. The molecule has 1 N–H and O–H groups in total. The van der Waals surface area contributed by atoms with E-state index in [1.54, 1.807) is 24.3 Å². The largest absolute Gasteiger partial charge is 0.345 e. The minimum Gasteiger partial charge on any atom is -0.345 e. The summed E-state index contributed by atoms with van der Waals surface area (Å²) in [6.45, 7) is -0.0259. The highest BCUT2D eigenvalue weighted by Crippen LogP contribution is 2.20. The number of aromatic nitrogens is 2. The summed E-state index contributed by atoms with van der Waals surface area (Å²) in [7, 11) is 0. The van der Waals surface area contributed by atoms with Crippen LogP contribution >= 0.6 is 11.6 Å². The third-order valence-corrected chi connectivity index (χ3v) is 3.36. The second-order valence-electron chi connectivity index (χ2n) is 4.84. The molecule has 1 heterocycles. The molecule has 3 aromatic rings. The monoisotopic (exact) mass is 349 g/mol. The van der Waals surface area contributed by atoms with Gasteiger partial charge in [-0.25, -0.2) is 8.78 Å². The van der Waals surface area contributed by atoms with Gasteiger partial charge in [0.05, 0.1) is 6.54 Å². The van der Waals surface area contributed by atoms with E-state index in [1.807, 2.05) is 0 Å². The van der Waals surface area contributed by atoms with Crippen LogP contribution in [0.25, 0.3) is 11.5 Å². The molecule has 8 heteroatoms. The van der Waals surface area contributed by atoms with E-state index in [-0.39, 0.29) is 23.8 Å². The molecule has 1 amide bonds. The number of rotatable bonds is 4. The Bertz CT molecular complexity index is 899. The SMILES string of the molecule is O=C(NCc1noc(-c2cccc(Cl)c2)n1)c1ccc(F)c(F)c1. The first kappa shape index (κ1) is 16.1. The molecule has 1 aromatic heterocycles. The molecule has 0 radical (unpaired) electrons. The van der Waals surface area contributed by atoms with Crippen LogP contribution in [0.2, 0.25) is 5.02 Å². The summed E-state index contributed by atoms with van der Waals surface area (Å²) in [5, 5.41) is 6.77. The summed E-state index contributed by atoms with van der Waals surface area (Å²) < 4.78 is 31.1. The predicted octanol–water partition coefficient (Wildman–Crippen LogP) is 3.60. The van der Waals surface area contributed by atoms with Crippen LogP contribution in [0.3, 0.4) is 0 Å². The van der Waals surface area contributed by atoms with Crippen LogP contribution in [0.5, 0.6) is 0 Å². The predicted molar refractivity (Wildman–Crippen MR) is 82.3 cm³/mol. The van der Waals surface area contributed by atoms with Crippen LogP contribution in [-0.2, 0) is 6.54 Å². The summed E-state index contributed by atoms with van der Waals surface area (Å²) in [6, 6.07) is 9.76. The summed E-state index contributed by atoms with van der Waals surface area (Å²) in [5.74, 6) is -2.19. The Hall–Kier alpha value is -2.80. The molecule has 2 aromatic carbocycles. The molecule has 24 heavy (non-hydrogen) atoms. The average molecular weight is 350 g/mol. The van der Waals surface area contributed by atoms with Gasteiger partial charge >= 0.3 is 0 Å². The molecule has 0 aliphatic rings. The molecule has 0 aliphatic carbocycles. The van der Waals surface area contributed by atoms with Crippen molar-refractivity contribution in [2.24, 2.45) is 0 Å². The lowest BCUT2D eigenvalue weighted by atomic mass is 10.2. The smallest absolute Gasteiger partial charge is 0.258 e. The van der Waals surface area contributed by atoms with Crippen LogP contribution in [0.4, 0.5) is 8.78 Å². The first-order valence-electron chi connectivity index (χ1n) is 6.85. The number of amides is 1. The molecule has 0 aliphatic heterocycles. The van der Waals surface area contributed by atoms with Gasteiger partial charge < -0.3 is 9.84 Å². The molecule has 3 rings (SSSR count). The van der Waals surface area contributed by atoms with Crippen LogP contribution in [0, 0.1) is 11.6 Å². The third kappa shape index (κ3) is 3.57. The van der Waals surface area contributed by atoms with Gasteiger partial charge in [-0.05, 0) is 36.4 Å². The van der Waals surface area contributed by atoms with Crippen molar-refractivity contribution in [1.82, 2.24) is 15.5 Å². The van der Waals surface area contributed by atoms with Gasteiger partial charge in [0, 0.05) is 16.1 Å². The zero-order chi connectivity index (χ0) is 17.1. The van der Waals surface area contributed by atoms with Crippen molar-refractivity contribution in [2.45, 2.75) is 6.54 Å². The average Bonchev–Trinajstić information content (AvgIpc) is 3.04. The lowest BCUT2D eigenvalue weighted by Crippen LogP contribution is -2.23. The van der Waals surface area contributed by atoms with Crippen molar-refractivity contribution in [3.8, 4) is 11.5 Å². The summed E-state index contributed by atoms with van der Waals surface area (Å²) in [6.07, 6.45) is 0. The minimum absolute atomic E-state index is 0.00698. The summed E-state index contributed by atoms with van der Waals surface area (Å²) >= 11 is 5.89. The molecule has 0 saturated carbocycles. The Morgan fingerprint density at radius 2 is 2.00 bits per heavy atom. The minimum atomic E-state index is -1.09. The van der Waals surface area contributed by atoms with Gasteiger partial charge in [-0.3, -0.25) is 4.79 Å². The Kier molecular flexibility index (Phi) is 4.52. The second-order valence-corrected chi connectivity index (χ2v) is 5.27. The van der Waals surface area contributed by atoms with Gasteiger partial charge in [-0.1, -0.05) is 22.8 Å². The standard InChI is InChI=1S/C16H10ClF2N3O2/c17-11-3-1-2-10(6-11)16-21-14(22-24-16)8-20-15(23)9-4-5-12(18)13(19)7-9/h1-7H,8H2,(H,20,23). The summed E-state index contributed by atoms with van der Waals surface area (Å²) in [4.78, 5) is 16.0. The third-order valence-electron chi connectivity index (χ3n) is 3.13. The second kappa shape index (κ2) is 6.76. The maximum atomic E-state index is 13.1. The fourth-order valence-corrected chi connectivity index (χ4v) is 2.15. The van der Waals surface area contributed by atoms with E-state index in [9.17, 15) is 13.6 Å². The zero-order valence-corrected chi connectivity index (χ0v) is 12.8. The molecule has 0 spiro atoms. The van der Waals surface area contributed by atoms with Crippen LogP contribution in [0.1, 0.15) is 16.2 Å². The molecular weight excluding hydrogens is 340 g/mol. The van der Waals surface area contributed by atoms with Gasteiger partial charge in [0.1, 0.15) is 0 Å². The molecule has 0 atom stereocenters. The van der Waals surface area contributed by atoms with Crippen LogP contribution < -0.4 is 5.32 Å². The maximum absolute atomic E-state index is 13.1. The molecule has 0 bridgehead atoms. The van der Waals surface area contributed by atoms with E-state index in [4.69, 9.17) is 16.1 Å². The number of hydrogen-bond acceptors (Lipinski definition) is 4. The van der Waals surface area contributed by atoms with Crippen molar-refractivity contribution in [3.63, 3.8) is 0 Å². The lowest BCUT2D eigenvalue weighted by molar-refractivity contribution is 0.0949. The number of hydrogen-bond donors (Lipinski definition) is 1. The molecule has 0 saturated heterocycles. The van der Waals surface area contributed by atoms with Gasteiger partial charge in [0.25, 0.3) is 11.8 Å². The number of nitrogens with one attached hydrogen (secondary N) is 1. The highest BCUT2D eigenvalue weighted by molar-refractivity contribution is 6.30. The quantitative estimate of drug-likeness (QED) is 0.781. The van der Waals surface area contributed by atoms with E-state index >= 15 is 0 Å². The maximum Gasteiger partial charge on any atom is 0.258 e. The van der Waals surface area contributed by atoms with E-state index < -0.39 is 17.5 Å². The van der Waals surface area contributed by atoms with Crippen molar-refractivity contribution in [2.75, 3.05) is 0 Å². The van der Waals surface area contributed by atoms with Crippen molar-refractivity contribution >= 4 is 17.5 Å². The molecule has 0 unspecified atom stereocenters. The molecule has 5 nitrogen and oxygen atoms in total. The Morgan fingerprint density at radius 3 is 2.75 bits per heavy atom. The topological polar surface area (TPSA) is 68.0 Å². The molecule has 122 valence electrons. The van der Waals surface area contributed by atoms with Gasteiger partial charge in [-0.15, -0.1) is 0 Å². The van der Waals surface area contributed by atoms with E-state index in [0.717, 1.165) is 12.1 Å². The zero-order valence-electron chi connectivity index (χ0n) is 12.1. The Labute approximate surface area is 140 Å². The Morgan fingerprint density at radius 1 is 1.17 bits per heavy atom. The molecular formula is C16H10ClF2N3O2.